The maximum Gasteiger partial charge on any atom is 0.155 e. The quantitative estimate of drug-likeness (QED) is 0.594. The molecule has 0 heterocycles. The first-order valence-electron chi connectivity index (χ1n) is 5.92. The highest BCUT2D eigenvalue weighted by Crippen LogP contribution is 2.49. The van der Waals surface area contributed by atoms with Crippen molar-refractivity contribution in [3.63, 3.8) is 0 Å². The van der Waals surface area contributed by atoms with Crippen LogP contribution in [-0.2, 0) is 4.79 Å². The molecule has 1 unspecified atom stereocenters. The van der Waals surface area contributed by atoms with E-state index in [1.807, 2.05) is 0 Å². The molecule has 0 aromatic rings. The minimum absolute atomic E-state index is 0.290. The van der Waals surface area contributed by atoms with Gasteiger partial charge in [0.2, 0.25) is 0 Å². The van der Waals surface area contributed by atoms with Crippen LogP contribution in [0.1, 0.15) is 52.9 Å². The molecule has 0 aromatic carbocycles. The minimum atomic E-state index is 0.290. The van der Waals surface area contributed by atoms with E-state index < -0.39 is 0 Å². The number of ketones is 1. The average molecular weight is 204 g/mol. The second kappa shape index (κ2) is 3.62. The molecule has 0 bridgehead atoms. The van der Waals surface area contributed by atoms with Crippen molar-refractivity contribution in [3.8, 4) is 0 Å². The second-order valence-electron chi connectivity index (χ2n) is 5.33. The molecule has 1 heteroatoms. The molecule has 0 aliphatic heterocycles. The van der Waals surface area contributed by atoms with Crippen LogP contribution in [0.2, 0.25) is 0 Å². The lowest BCUT2D eigenvalue weighted by Gasteiger charge is -2.25. The smallest absolute Gasteiger partial charge is 0.155 e. The van der Waals surface area contributed by atoms with E-state index in [0.29, 0.717) is 11.2 Å². The molecule has 2 aliphatic rings. The highest BCUT2D eigenvalue weighted by Gasteiger charge is 2.37. The van der Waals surface area contributed by atoms with Crippen molar-refractivity contribution in [1.82, 2.24) is 0 Å². The van der Waals surface area contributed by atoms with Crippen LogP contribution in [0, 0.1) is 5.41 Å². The summed E-state index contributed by atoms with van der Waals surface area (Å²) in [6, 6.07) is 0. The Bertz CT molecular complexity index is 360. The molecule has 82 valence electrons. The zero-order valence-electron chi connectivity index (χ0n) is 10.0. The zero-order valence-corrected chi connectivity index (χ0v) is 10.0. The van der Waals surface area contributed by atoms with E-state index in [2.05, 4.69) is 19.9 Å². The van der Waals surface area contributed by atoms with Crippen molar-refractivity contribution < 1.29 is 4.79 Å². The van der Waals surface area contributed by atoms with E-state index >= 15 is 0 Å². The summed E-state index contributed by atoms with van der Waals surface area (Å²) in [5, 5.41) is 0. The first kappa shape index (κ1) is 10.7. The van der Waals surface area contributed by atoms with Crippen LogP contribution in [-0.4, -0.2) is 5.78 Å². The lowest BCUT2D eigenvalue weighted by atomic mass is 9.79. The number of hydrogen-bond acceptors (Lipinski definition) is 1. The van der Waals surface area contributed by atoms with Crippen molar-refractivity contribution in [1.29, 1.82) is 0 Å². The lowest BCUT2D eigenvalue weighted by Crippen LogP contribution is -2.14. The summed E-state index contributed by atoms with van der Waals surface area (Å²) in [5.74, 6) is 0.299. The molecule has 0 fully saturated rings. The Hall–Kier alpha value is -0.850. The summed E-state index contributed by atoms with van der Waals surface area (Å²) in [6.07, 6.45) is 7.92. The standard InChI is InChI=1S/C14H20O/c1-10-4-5-13-12(11(2)15)7-9-14(13,3)8-6-10/h6H,4-5,7-9H2,1-3H3. The summed E-state index contributed by atoms with van der Waals surface area (Å²) < 4.78 is 0. The lowest BCUT2D eigenvalue weighted by molar-refractivity contribution is -0.113. The second-order valence-corrected chi connectivity index (χ2v) is 5.33. The minimum Gasteiger partial charge on any atom is -0.295 e. The molecule has 0 amide bonds. The Morgan fingerprint density at radius 1 is 1.33 bits per heavy atom. The molecular weight excluding hydrogens is 184 g/mol. The van der Waals surface area contributed by atoms with Crippen molar-refractivity contribution in [3.05, 3.63) is 22.8 Å². The Labute approximate surface area is 92.3 Å². The van der Waals surface area contributed by atoms with Crippen LogP contribution < -0.4 is 0 Å². The number of Topliss-reactive ketones (excluding diaryl/α,β-unsaturated/α-hetero) is 1. The Balaban J connectivity index is 2.38. The highest BCUT2D eigenvalue weighted by molar-refractivity contribution is 5.94. The van der Waals surface area contributed by atoms with Gasteiger partial charge in [-0.15, -0.1) is 0 Å². The molecule has 0 N–H and O–H groups in total. The van der Waals surface area contributed by atoms with Crippen LogP contribution in [0.5, 0.6) is 0 Å². The molecule has 0 saturated heterocycles. The fourth-order valence-corrected chi connectivity index (χ4v) is 2.96. The monoisotopic (exact) mass is 204 g/mol. The molecule has 15 heavy (non-hydrogen) atoms. The van der Waals surface area contributed by atoms with E-state index in [1.165, 1.54) is 17.6 Å². The highest BCUT2D eigenvalue weighted by atomic mass is 16.1. The first-order valence-corrected chi connectivity index (χ1v) is 5.92. The van der Waals surface area contributed by atoms with Gasteiger partial charge in [0.15, 0.2) is 5.78 Å². The number of fused-ring (bicyclic) bond motifs is 1. The van der Waals surface area contributed by atoms with E-state index in [1.54, 1.807) is 6.92 Å². The van der Waals surface area contributed by atoms with Gasteiger partial charge in [-0.25, -0.2) is 0 Å². The average Bonchev–Trinajstić information content (AvgIpc) is 2.43. The van der Waals surface area contributed by atoms with Crippen LogP contribution in [0.4, 0.5) is 0 Å². The number of rotatable bonds is 1. The largest absolute Gasteiger partial charge is 0.295 e. The third kappa shape index (κ3) is 1.80. The van der Waals surface area contributed by atoms with E-state index in [4.69, 9.17) is 0 Å². The normalized spacial score (nSPS) is 31.0. The topological polar surface area (TPSA) is 17.1 Å². The SMILES string of the molecule is CC(=O)C1=C2CCC(C)=CCC2(C)CC1. The van der Waals surface area contributed by atoms with Gasteiger partial charge in [-0.05, 0) is 56.9 Å². The molecule has 2 aliphatic carbocycles. The molecule has 1 nitrogen and oxygen atoms in total. The maximum absolute atomic E-state index is 11.6. The van der Waals surface area contributed by atoms with Gasteiger partial charge in [0.1, 0.15) is 0 Å². The number of carbonyl (C=O) groups excluding carboxylic acids is 1. The molecule has 0 spiro atoms. The summed E-state index contributed by atoms with van der Waals surface area (Å²) in [6.45, 7) is 6.25. The van der Waals surface area contributed by atoms with Crippen molar-refractivity contribution in [2.45, 2.75) is 52.9 Å². The Morgan fingerprint density at radius 2 is 2.07 bits per heavy atom. The van der Waals surface area contributed by atoms with E-state index in [-0.39, 0.29) is 0 Å². The fraction of sp³-hybridized carbons (Fsp3) is 0.643. The summed E-state index contributed by atoms with van der Waals surface area (Å²) in [4.78, 5) is 11.6. The fourth-order valence-electron chi connectivity index (χ4n) is 2.96. The van der Waals surface area contributed by atoms with Crippen molar-refractivity contribution in [2.24, 2.45) is 5.41 Å². The van der Waals surface area contributed by atoms with Crippen LogP contribution >= 0.6 is 0 Å². The van der Waals surface area contributed by atoms with Crippen LogP contribution in [0.3, 0.4) is 0 Å². The van der Waals surface area contributed by atoms with Gasteiger partial charge >= 0.3 is 0 Å². The predicted molar refractivity (Wildman–Crippen MR) is 62.7 cm³/mol. The van der Waals surface area contributed by atoms with Crippen LogP contribution in [0.15, 0.2) is 22.8 Å². The Morgan fingerprint density at radius 3 is 2.73 bits per heavy atom. The molecule has 1 atom stereocenters. The maximum atomic E-state index is 11.6. The van der Waals surface area contributed by atoms with Gasteiger partial charge in [0, 0.05) is 0 Å². The zero-order chi connectivity index (χ0) is 11.1. The first-order chi connectivity index (χ1) is 7.03. The molecular formula is C14H20O. The van der Waals surface area contributed by atoms with Crippen molar-refractivity contribution >= 4 is 5.78 Å². The van der Waals surface area contributed by atoms with Gasteiger partial charge in [-0.3, -0.25) is 4.79 Å². The van der Waals surface area contributed by atoms with Gasteiger partial charge in [-0.1, -0.05) is 24.1 Å². The van der Waals surface area contributed by atoms with Gasteiger partial charge < -0.3 is 0 Å². The molecule has 2 rings (SSSR count). The number of allylic oxidation sites excluding steroid dienone is 4. The summed E-state index contributed by atoms with van der Waals surface area (Å²) in [5.41, 5.74) is 4.38. The molecule has 0 saturated carbocycles. The van der Waals surface area contributed by atoms with Gasteiger partial charge in [-0.2, -0.15) is 0 Å². The third-order valence-corrected chi connectivity index (χ3v) is 4.11. The van der Waals surface area contributed by atoms with Crippen molar-refractivity contribution in [2.75, 3.05) is 0 Å². The predicted octanol–water partition coefficient (Wildman–Crippen LogP) is 3.80. The van der Waals surface area contributed by atoms with Crippen LogP contribution in [0.25, 0.3) is 0 Å². The van der Waals surface area contributed by atoms with E-state index in [0.717, 1.165) is 31.3 Å². The summed E-state index contributed by atoms with van der Waals surface area (Å²) in [7, 11) is 0. The number of hydrogen-bond donors (Lipinski definition) is 0. The van der Waals surface area contributed by atoms with E-state index in [9.17, 15) is 4.79 Å². The van der Waals surface area contributed by atoms with Gasteiger partial charge in [0.05, 0.1) is 0 Å². The van der Waals surface area contributed by atoms with Gasteiger partial charge in [0.25, 0.3) is 0 Å². The molecule has 0 radical (unpaired) electrons. The summed E-state index contributed by atoms with van der Waals surface area (Å²) >= 11 is 0. The Kier molecular flexibility index (Phi) is 2.57. The molecule has 0 aromatic heterocycles. The third-order valence-electron chi connectivity index (χ3n) is 4.11. The number of carbonyl (C=O) groups is 1.